The Labute approximate surface area is 123 Å². The molecule has 3 amide bonds. The highest BCUT2D eigenvalue weighted by atomic mass is 32.2. The first-order chi connectivity index (χ1) is 10.1. The second-order valence-corrected chi connectivity index (χ2v) is 5.31. The van der Waals surface area contributed by atoms with Crippen LogP contribution in [0.25, 0.3) is 11.0 Å². The van der Waals surface area contributed by atoms with E-state index >= 15 is 0 Å². The van der Waals surface area contributed by atoms with Crippen LogP contribution in [0.2, 0.25) is 0 Å². The fraction of sp³-hybridized carbons (Fsp3) is 0.250. The van der Waals surface area contributed by atoms with Gasteiger partial charge in [0, 0.05) is 18.7 Å². The van der Waals surface area contributed by atoms with Crippen molar-refractivity contribution in [3.63, 3.8) is 0 Å². The zero-order chi connectivity index (χ0) is 14.8. The van der Waals surface area contributed by atoms with Crippen LogP contribution in [0.5, 0.6) is 0 Å². The van der Waals surface area contributed by atoms with Gasteiger partial charge in [-0.25, -0.2) is 0 Å². The minimum atomic E-state index is -0.286. The van der Waals surface area contributed by atoms with Gasteiger partial charge in [-0.2, -0.15) is 15.4 Å². The molecule has 2 N–H and O–H groups in total. The molecule has 0 radical (unpaired) electrons. The summed E-state index contributed by atoms with van der Waals surface area (Å²) in [5.74, 6) is -0.329. The fourth-order valence-electron chi connectivity index (χ4n) is 1.96. The zero-order valence-electron chi connectivity index (χ0n) is 10.8. The number of aromatic amines is 1. The van der Waals surface area contributed by atoms with E-state index in [1.54, 1.807) is 18.2 Å². The second kappa shape index (κ2) is 5.52. The maximum Gasteiger partial charge on any atom is 0.288 e. The van der Waals surface area contributed by atoms with Crippen LogP contribution in [0.15, 0.2) is 18.2 Å². The average Bonchev–Trinajstić information content (AvgIpc) is 3.07. The number of imide groups is 1. The average molecular weight is 305 g/mol. The SMILES string of the molecule is O=C(NCCN1C(=O)CSC1=O)c1ccc2n[nH]nc2c1. The van der Waals surface area contributed by atoms with E-state index in [2.05, 4.69) is 20.7 Å². The van der Waals surface area contributed by atoms with Crippen molar-refractivity contribution >= 4 is 39.8 Å². The van der Waals surface area contributed by atoms with Crippen LogP contribution >= 0.6 is 11.8 Å². The van der Waals surface area contributed by atoms with E-state index in [1.165, 1.54) is 0 Å². The van der Waals surface area contributed by atoms with Crippen molar-refractivity contribution in [2.45, 2.75) is 0 Å². The summed E-state index contributed by atoms with van der Waals surface area (Å²) < 4.78 is 0. The van der Waals surface area contributed by atoms with Crippen LogP contribution in [0.3, 0.4) is 0 Å². The fourth-order valence-corrected chi connectivity index (χ4v) is 2.71. The van der Waals surface area contributed by atoms with Gasteiger partial charge in [0.15, 0.2) is 0 Å². The number of hydrogen-bond donors (Lipinski definition) is 2. The van der Waals surface area contributed by atoms with Crippen LogP contribution in [-0.2, 0) is 4.79 Å². The Morgan fingerprint density at radius 2 is 2.14 bits per heavy atom. The number of thioether (sulfide) groups is 1. The third kappa shape index (κ3) is 2.72. The monoisotopic (exact) mass is 305 g/mol. The van der Waals surface area contributed by atoms with Gasteiger partial charge in [-0.1, -0.05) is 11.8 Å². The maximum atomic E-state index is 12.0. The molecule has 1 aromatic heterocycles. The van der Waals surface area contributed by atoms with Crippen LogP contribution in [-0.4, -0.2) is 56.2 Å². The van der Waals surface area contributed by atoms with Crippen molar-refractivity contribution < 1.29 is 14.4 Å². The van der Waals surface area contributed by atoms with E-state index in [9.17, 15) is 14.4 Å². The highest BCUT2D eigenvalue weighted by Crippen LogP contribution is 2.17. The zero-order valence-corrected chi connectivity index (χ0v) is 11.6. The van der Waals surface area contributed by atoms with E-state index < -0.39 is 0 Å². The van der Waals surface area contributed by atoms with Crippen molar-refractivity contribution in [1.29, 1.82) is 0 Å². The Kier molecular flexibility index (Phi) is 3.57. The van der Waals surface area contributed by atoms with E-state index in [-0.39, 0.29) is 35.9 Å². The van der Waals surface area contributed by atoms with Crippen molar-refractivity contribution in [3.8, 4) is 0 Å². The third-order valence-corrected chi connectivity index (χ3v) is 3.90. The predicted octanol–water partition coefficient (Wildman–Crippen LogP) is 0.383. The minimum absolute atomic E-state index is 0.176. The molecule has 8 nitrogen and oxygen atoms in total. The summed E-state index contributed by atoms with van der Waals surface area (Å²) in [5.41, 5.74) is 1.73. The molecule has 108 valence electrons. The highest BCUT2D eigenvalue weighted by Gasteiger charge is 2.29. The molecule has 1 aliphatic rings. The lowest BCUT2D eigenvalue weighted by atomic mass is 10.2. The standard InChI is InChI=1S/C12H11N5O3S/c18-10-6-21-12(20)17(10)4-3-13-11(19)7-1-2-8-9(5-7)15-16-14-8/h1-2,5H,3-4,6H2,(H,13,19)(H,14,15,16). The number of benzene rings is 1. The first-order valence-corrected chi connectivity index (χ1v) is 7.19. The number of carbonyl (C=O) groups is 3. The topological polar surface area (TPSA) is 108 Å². The van der Waals surface area contributed by atoms with Gasteiger partial charge in [-0.15, -0.1) is 0 Å². The number of carbonyl (C=O) groups excluding carboxylic acids is 3. The summed E-state index contributed by atoms with van der Waals surface area (Å²) in [7, 11) is 0. The maximum absolute atomic E-state index is 12.0. The van der Waals surface area contributed by atoms with Gasteiger partial charge in [0.1, 0.15) is 11.0 Å². The first-order valence-electron chi connectivity index (χ1n) is 6.21. The molecule has 2 heterocycles. The van der Waals surface area contributed by atoms with Crippen LogP contribution in [0.4, 0.5) is 4.79 Å². The molecule has 0 bridgehead atoms. The van der Waals surface area contributed by atoms with Crippen molar-refractivity contribution in [2.24, 2.45) is 0 Å². The molecule has 21 heavy (non-hydrogen) atoms. The van der Waals surface area contributed by atoms with Crippen LogP contribution < -0.4 is 5.32 Å². The number of nitrogens with zero attached hydrogens (tertiary/aromatic N) is 3. The lowest BCUT2D eigenvalue weighted by Gasteiger charge is -2.13. The molecule has 1 fully saturated rings. The van der Waals surface area contributed by atoms with Crippen LogP contribution in [0, 0.1) is 0 Å². The molecule has 0 unspecified atom stereocenters. The van der Waals surface area contributed by atoms with E-state index in [4.69, 9.17) is 0 Å². The Hall–Kier alpha value is -2.42. The molecule has 0 saturated carbocycles. The lowest BCUT2D eigenvalue weighted by Crippen LogP contribution is -2.37. The quantitative estimate of drug-likeness (QED) is 0.845. The van der Waals surface area contributed by atoms with Crippen LogP contribution in [0.1, 0.15) is 10.4 Å². The van der Waals surface area contributed by atoms with E-state index in [1.807, 2.05) is 0 Å². The smallest absolute Gasteiger partial charge is 0.288 e. The number of rotatable bonds is 4. The number of nitrogens with one attached hydrogen (secondary N) is 2. The Morgan fingerprint density at radius 3 is 2.90 bits per heavy atom. The molecule has 0 spiro atoms. The van der Waals surface area contributed by atoms with Gasteiger partial charge in [0.2, 0.25) is 5.91 Å². The van der Waals surface area contributed by atoms with Gasteiger partial charge in [-0.3, -0.25) is 19.3 Å². The molecule has 2 aromatic rings. The molecule has 0 aliphatic carbocycles. The summed E-state index contributed by atoms with van der Waals surface area (Å²) >= 11 is 0.977. The minimum Gasteiger partial charge on any atom is -0.350 e. The second-order valence-electron chi connectivity index (χ2n) is 4.38. The normalized spacial score (nSPS) is 15.0. The molecule has 1 aromatic carbocycles. The van der Waals surface area contributed by atoms with Gasteiger partial charge >= 0.3 is 0 Å². The molecule has 1 aliphatic heterocycles. The number of aromatic nitrogens is 3. The number of hydrogen-bond acceptors (Lipinski definition) is 6. The first kappa shape index (κ1) is 13.6. The van der Waals surface area contributed by atoms with Crippen molar-refractivity contribution in [3.05, 3.63) is 23.8 Å². The van der Waals surface area contributed by atoms with Gasteiger partial charge < -0.3 is 5.32 Å². The van der Waals surface area contributed by atoms with E-state index in [0.29, 0.717) is 16.6 Å². The molecule has 3 rings (SSSR count). The Morgan fingerprint density at radius 1 is 1.33 bits per heavy atom. The molecule has 9 heteroatoms. The van der Waals surface area contributed by atoms with Gasteiger partial charge in [-0.05, 0) is 18.2 Å². The summed E-state index contributed by atoms with van der Waals surface area (Å²) in [6.07, 6.45) is 0. The number of H-pyrrole nitrogens is 1. The Bertz CT molecular complexity index is 713. The predicted molar refractivity (Wildman–Crippen MR) is 75.8 cm³/mol. The Balaban J connectivity index is 1.58. The summed E-state index contributed by atoms with van der Waals surface area (Å²) in [5, 5.41) is 12.7. The van der Waals surface area contributed by atoms with E-state index in [0.717, 1.165) is 16.7 Å². The number of amides is 3. The molecular formula is C12H11N5O3S. The summed E-state index contributed by atoms with van der Waals surface area (Å²) in [6, 6.07) is 4.95. The number of fused-ring (bicyclic) bond motifs is 1. The molecule has 1 saturated heterocycles. The largest absolute Gasteiger partial charge is 0.350 e. The molecule has 0 atom stereocenters. The third-order valence-electron chi connectivity index (χ3n) is 3.04. The lowest BCUT2D eigenvalue weighted by molar-refractivity contribution is -0.124. The van der Waals surface area contributed by atoms with Crippen molar-refractivity contribution in [1.82, 2.24) is 25.6 Å². The summed E-state index contributed by atoms with van der Waals surface area (Å²) in [4.78, 5) is 35.9. The summed E-state index contributed by atoms with van der Waals surface area (Å²) in [6.45, 7) is 0.399. The molecular weight excluding hydrogens is 294 g/mol. The van der Waals surface area contributed by atoms with Gasteiger partial charge in [0.25, 0.3) is 11.1 Å². The van der Waals surface area contributed by atoms with Crippen molar-refractivity contribution in [2.75, 3.05) is 18.8 Å². The highest BCUT2D eigenvalue weighted by molar-refractivity contribution is 8.14. The van der Waals surface area contributed by atoms with Gasteiger partial charge in [0.05, 0.1) is 5.75 Å².